The molecule has 2 saturated heterocycles. The minimum Gasteiger partial charge on any atom is -0.356 e. The number of nitrogens with zero attached hydrogens (tertiary/aromatic N) is 1. The van der Waals surface area contributed by atoms with E-state index in [9.17, 15) is 9.59 Å². The lowest BCUT2D eigenvalue weighted by molar-refractivity contribution is -0.140. The van der Waals surface area contributed by atoms with Crippen molar-refractivity contribution in [3.8, 4) is 0 Å². The molecule has 1 N–H and O–H groups in total. The average molecular weight is 280 g/mol. The van der Waals surface area contributed by atoms with Gasteiger partial charge in [-0.2, -0.15) is 0 Å². The van der Waals surface area contributed by atoms with Gasteiger partial charge in [0.15, 0.2) is 0 Å². The molecule has 1 atom stereocenters. The summed E-state index contributed by atoms with van der Waals surface area (Å²) < 4.78 is 0. The predicted octanol–water partition coefficient (Wildman–Crippen LogP) is 2.33. The fraction of sp³-hybridized carbons (Fsp3) is 0.875. The van der Waals surface area contributed by atoms with E-state index in [0.29, 0.717) is 18.4 Å². The van der Waals surface area contributed by atoms with Crippen LogP contribution in [-0.4, -0.2) is 36.3 Å². The Balaban J connectivity index is 1.96. The first kappa shape index (κ1) is 15.3. The quantitative estimate of drug-likeness (QED) is 0.862. The van der Waals surface area contributed by atoms with E-state index in [2.05, 4.69) is 19.2 Å². The maximum absolute atomic E-state index is 12.6. The highest BCUT2D eigenvalue weighted by molar-refractivity contribution is 5.86. The van der Waals surface area contributed by atoms with E-state index in [1.165, 1.54) is 19.3 Å². The van der Waals surface area contributed by atoms with Crippen molar-refractivity contribution in [1.29, 1.82) is 0 Å². The largest absolute Gasteiger partial charge is 0.356 e. The van der Waals surface area contributed by atoms with Gasteiger partial charge in [0.1, 0.15) is 0 Å². The molecular weight excluding hydrogens is 252 g/mol. The molecule has 0 aromatic heterocycles. The topological polar surface area (TPSA) is 49.4 Å². The van der Waals surface area contributed by atoms with Crippen molar-refractivity contribution in [2.24, 2.45) is 11.3 Å². The number of carbonyl (C=O) groups is 2. The zero-order chi connectivity index (χ0) is 14.6. The van der Waals surface area contributed by atoms with Crippen molar-refractivity contribution in [1.82, 2.24) is 10.2 Å². The standard InChI is InChI=1S/C16H28N2O2/c1-3-16(4-2)7-5-10-18(11-8-16)15(20)13-6-9-17-14(19)12-13/h13H,3-12H2,1-2H3,(H,17,19)/t13-/m0/s1. The molecule has 0 aromatic rings. The molecule has 0 unspecified atom stereocenters. The first-order valence-electron chi connectivity index (χ1n) is 8.16. The number of rotatable bonds is 3. The maximum Gasteiger partial charge on any atom is 0.226 e. The normalized spacial score (nSPS) is 26.8. The molecule has 2 aliphatic rings. The summed E-state index contributed by atoms with van der Waals surface area (Å²) in [5.41, 5.74) is 0.430. The summed E-state index contributed by atoms with van der Waals surface area (Å²) in [5, 5.41) is 2.80. The number of hydrogen-bond acceptors (Lipinski definition) is 2. The van der Waals surface area contributed by atoms with Crippen LogP contribution in [0.25, 0.3) is 0 Å². The molecule has 4 nitrogen and oxygen atoms in total. The van der Waals surface area contributed by atoms with Crippen molar-refractivity contribution in [3.63, 3.8) is 0 Å². The summed E-state index contributed by atoms with van der Waals surface area (Å²) in [6, 6.07) is 0. The number of likely N-dealkylation sites (tertiary alicyclic amines) is 1. The van der Waals surface area contributed by atoms with Crippen LogP contribution >= 0.6 is 0 Å². The lowest BCUT2D eigenvalue weighted by Gasteiger charge is -2.31. The first-order chi connectivity index (χ1) is 9.60. The lowest BCUT2D eigenvalue weighted by atomic mass is 9.76. The van der Waals surface area contributed by atoms with Gasteiger partial charge in [0.25, 0.3) is 0 Å². The van der Waals surface area contributed by atoms with Gasteiger partial charge in [0.2, 0.25) is 11.8 Å². The van der Waals surface area contributed by atoms with Gasteiger partial charge in [0, 0.05) is 32.0 Å². The summed E-state index contributed by atoms with van der Waals surface area (Å²) >= 11 is 0. The Kier molecular flexibility index (Phi) is 5.06. The second kappa shape index (κ2) is 6.59. The van der Waals surface area contributed by atoms with E-state index in [4.69, 9.17) is 0 Å². The Hall–Kier alpha value is -1.06. The van der Waals surface area contributed by atoms with Gasteiger partial charge in [-0.05, 0) is 31.1 Å². The molecule has 0 radical (unpaired) electrons. The second-order valence-electron chi connectivity index (χ2n) is 6.43. The highest BCUT2D eigenvalue weighted by atomic mass is 16.2. The lowest BCUT2D eigenvalue weighted by Crippen LogP contribution is -2.43. The van der Waals surface area contributed by atoms with Crippen LogP contribution < -0.4 is 5.32 Å². The van der Waals surface area contributed by atoms with E-state index >= 15 is 0 Å². The van der Waals surface area contributed by atoms with Crippen molar-refractivity contribution >= 4 is 11.8 Å². The van der Waals surface area contributed by atoms with Crippen LogP contribution in [0.5, 0.6) is 0 Å². The summed E-state index contributed by atoms with van der Waals surface area (Å²) in [7, 11) is 0. The monoisotopic (exact) mass is 280 g/mol. The number of amides is 2. The molecule has 114 valence electrons. The number of nitrogens with one attached hydrogen (secondary N) is 1. The minimum absolute atomic E-state index is 0.0286. The zero-order valence-corrected chi connectivity index (χ0v) is 12.9. The summed E-state index contributed by atoms with van der Waals surface area (Å²) in [5.74, 6) is 0.156. The molecule has 0 spiro atoms. The fourth-order valence-corrected chi connectivity index (χ4v) is 3.68. The van der Waals surface area contributed by atoms with Gasteiger partial charge in [-0.25, -0.2) is 0 Å². The average Bonchev–Trinajstić information content (AvgIpc) is 2.69. The van der Waals surface area contributed by atoms with E-state index in [1.807, 2.05) is 4.90 Å². The molecule has 0 bridgehead atoms. The van der Waals surface area contributed by atoms with Crippen molar-refractivity contribution in [3.05, 3.63) is 0 Å². The van der Waals surface area contributed by atoms with Gasteiger partial charge in [0.05, 0.1) is 0 Å². The Morgan fingerprint density at radius 1 is 1.30 bits per heavy atom. The molecular formula is C16H28N2O2. The molecule has 2 aliphatic heterocycles. The van der Waals surface area contributed by atoms with E-state index in [-0.39, 0.29) is 17.7 Å². The van der Waals surface area contributed by atoms with Gasteiger partial charge >= 0.3 is 0 Å². The Morgan fingerprint density at radius 2 is 2.05 bits per heavy atom. The number of carbonyl (C=O) groups excluding carboxylic acids is 2. The highest BCUT2D eigenvalue weighted by Gasteiger charge is 2.34. The summed E-state index contributed by atoms with van der Waals surface area (Å²) in [4.78, 5) is 26.1. The van der Waals surface area contributed by atoms with Crippen molar-refractivity contribution in [2.45, 2.75) is 58.8 Å². The first-order valence-corrected chi connectivity index (χ1v) is 8.16. The third-order valence-corrected chi connectivity index (χ3v) is 5.45. The van der Waals surface area contributed by atoms with E-state index in [1.54, 1.807) is 0 Å². The molecule has 2 amide bonds. The van der Waals surface area contributed by atoms with Crippen LogP contribution in [0.4, 0.5) is 0 Å². The van der Waals surface area contributed by atoms with Crippen LogP contribution in [0.3, 0.4) is 0 Å². The third-order valence-electron chi connectivity index (χ3n) is 5.45. The molecule has 0 aromatic carbocycles. The zero-order valence-electron chi connectivity index (χ0n) is 12.9. The highest BCUT2D eigenvalue weighted by Crippen LogP contribution is 2.38. The van der Waals surface area contributed by atoms with Crippen LogP contribution in [0.15, 0.2) is 0 Å². The summed E-state index contributed by atoms with van der Waals surface area (Å²) in [6.45, 7) is 6.94. The van der Waals surface area contributed by atoms with Crippen LogP contribution in [0, 0.1) is 11.3 Å². The number of hydrogen-bond donors (Lipinski definition) is 1. The SMILES string of the molecule is CCC1(CC)CCCN(C(=O)[C@H]2CCNC(=O)C2)CC1. The molecule has 0 aliphatic carbocycles. The molecule has 20 heavy (non-hydrogen) atoms. The number of piperidine rings is 1. The van der Waals surface area contributed by atoms with Crippen LogP contribution in [0.2, 0.25) is 0 Å². The predicted molar refractivity (Wildman–Crippen MR) is 79.2 cm³/mol. The van der Waals surface area contributed by atoms with E-state index < -0.39 is 0 Å². The van der Waals surface area contributed by atoms with Gasteiger partial charge in [-0.3, -0.25) is 9.59 Å². The molecule has 2 rings (SSSR count). The second-order valence-corrected chi connectivity index (χ2v) is 6.43. The molecule has 2 fully saturated rings. The van der Waals surface area contributed by atoms with Gasteiger partial charge in [-0.15, -0.1) is 0 Å². The Bertz CT molecular complexity index is 363. The Morgan fingerprint density at radius 3 is 2.70 bits per heavy atom. The summed E-state index contributed by atoms with van der Waals surface area (Å²) in [6.07, 6.45) is 7.04. The minimum atomic E-state index is -0.0838. The van der Waals surface area contributed by atoms with Gasteiger partial charge < -0.3 is 10.2 Å². The van der Waals surface area contributed by atoms with Gasteiger partial charge in [-0.1, -0.05) is 26.7 Å². The smallest absolute Gasteiger partial charge is 0.226 e. The molecule has 4 heteroatoms. The van der Waals surface area contributed by atoms with Crippen LogP contribution in [-0.2, 0) is 9.59 Å². The van der Waals surface area contributed by atoms with Crippen LogP contribution in [0.1, 0.15) is 58.8 Å². The van der Waals surface area contributed by atoms with E-state index in [0.717, 1.165) is 32.4 Å². The maximum atomic E-state index is 12.6. The Labute approximate surface area is 122 Å². The molecule has 0 saturated carbocycles. The van der Waals surface area contributed by atoms with Crippen molar-refractivity contribution < 1.29 is 9.59 Å². The third kappa shape index (κ3) is 3.33. The molecule has 2 heterocycles. The fourth-order valence-electron chi connectivity index (χ4n) is 3.68. The van der Waals surface area contributed by atoms with Crippen molar-refractivity contribution in [2.75, 3.05) is 19.6 Å².